The van der Waals surface area contributed by atoms with Gasteiger partial charge in [-0.25, -0.2) is 4.98 Å². The number of carbonyl (C=O) groups is 2. The van der Waals surface area contributed by atoms with Crippen molar-refractivity contribution in [2.75, 3.05) is 12.4 Å². The van der Waals surface area contributed by atoms with Crippen LogP contribution in [0.2, 0.25) is 5.15 Å². The molecular weight excluding hydrogens is 290 g/mol. The summed E-state index contributed by atoms with van der Waals surface area (Å²) in [5.41, 5.74) is 1.97. The van der Waals surface area contributed by atoms with Gasteiger partial charge in [0, 0.05) is 18.3 Å². The van der Waals surface area contributed by atoms with Gasteiger partial charge in [0.2, 0.25) is 0 Å². The molecule has 0 aliphatic carbocycles. The number of nitrogens with one attached hydrogen (secondary N) is 2. The topological polar surface area (TPSA) is 71.1 Å². The fourth-order valence-electron chi connectivity index (χ4n) is 1.87. The Morgan fingerprint density at radius 3 is 2.48 bits per heavy atom. The number of hydrogen-bond donors (Lipinski definition) is 2. The molecule has 0 radical (unpaired) electrons. The van der Waals surface area contributed by atoms with Crippen LogP contribution in [0.5, 0.6) is 0 Å². The van der Waals surface area contributed by atoms with Crippen LogP contribution in [0.3, 0.4) is 0 Å². The van der Waals surface area contributed by atoms with Gasteiger partial charge in [-0.2, -0.15) is 0 Å². The molecule has 0 saturated carbocycles. The number of aromatic nitrogens is 1. The summed E-state index contributed by atoms with van der Waals surface area (Å²) in [7, 11) is 1.56. The van der Waals surface area contributed by atoms with E-state index in [-0.39, 0.29) is 22.7 Å². The predicted molar refractivity (Wildman–Crippen MR) is 81.8 cm³/mol. The van der Waals surface area contributed by atoms with Crippen molar-refractivity contribution in [3.8, 4) is 0 Å². The van der Waals surface area contributed by atoms with Gasteiger partial charge in [-0.05, 0) is 36.8 Å². The van der Waals surface area contributed by atoms with Gasteiger partial charge >= 0.3 is 0 Å². The summed E-state index contributed by atoms with van der Waals surface area (Å²) in [5, 5.41) is 5.54. The Morgan fingerprint density at radius 1 is 1.10 bits per heavy atom. The lowest BCUT2D eigenvalue weighted by molar-refractivity contribution is 0.0960. The summed E-state index contributed by atoms with van der Waals surface area (Å²) in [6.07, 6.45) is 0. The van der Waals surface area contributed by atoms with Crippen molar-refractivity contribution in [1.82, 2.24) is 10.3 Å². The minimum absolute atomic E-state index is 0.204. The summed E-state index contributed by atoms with van der Waals surface area (Å²) in [4.78, 5) is 27.8. The van der Waals surface area contributed by atoms with E-state index in [9.17, 15) is 9.59 Å². The van der Waals surface area contributed by atoms with E-state index in [1.54, 1.807) is 50.4 Å². The Kier molecular flexibility index (Phi) is 4.55. The number of nitrogens with zero attached hydrogens (tertiary/aromatic N) is 1. The molecule has 2 N–H and O–H groups in total. The van der Waals surface area contributed by atoms with Crippen molar-refractivity contribution >= 4 is 29.1 Å². The van der Waals surface area contributed by atoms with Crippen molar-refractivity contribution in [3.05, 3.63) is 58.4 Å². The van der Waals surface area contributed by atoms with Gasteiger partial charge in [0.1, 0.15) is 10.8 Å². The summed E-state index contributed by atoms with van der Waals surface area (Å²) < 4.78 is 0. The van der Waals surface area contributed by atoms with E-state index < -0.39 is 0 Å². The van der Waals surface area contributed by atoms with Crippen LogP contribution in [0.15, 0.2) is 36.4 Å². The standard InChI is InChI=1S/C15H14ClN3O2/c1-9-10(14(20)17-2)5-3-6-11(9)19-15(21)12-7-4-8-13(16)18-12/h3-8H,1-2H3,(H,17,20)(H,19,21). The molecule has 0 fully saturated rings. The molecule has 0 bridgehead atoms. The number of hydrogen-bond acceptors (Lipinski definition) is 3. The van der Waals surface area contributed by atoms with Gasteiger partial charge in [0.05, 0.1) is 0 Å². The van der Waals surface area contributed by atoms with E-state index in [1.807, 2.05) is 0 Å². The molecule has 0 aliphatic heterocycles. The number of rotatable bonds is 3. The van der Waals surface area contributed by atoms with Gasteiger partial charge in [-0.15, -0.1) is 0 Å². The van der Waals surface area contributed by atoms with E-state index in [4.69, 9.17) is 11.6 Å². The summed E-state index contributed by atoms with van der Waals surface area (Å²) >= 11 is 5.76. The van der Waals surface area contributed by atoms with Gasteiger partial charge in [0.25, 0.3) is 11.8 Å². The third-order valence-electron chi connectivity index (χ3n) is 3.00. The number of benzene rings is 1. The molecule has 0 spiro atoms. The SMILES string of the molecule is CNC(=O)c1cccc(NC(=O)c2cccc(Cl)n2)c1C. The van der Waals surface area contributed by atoms with Crippen molar-refractivity contribution in [2.24, 2.45) is 0 Å². The van der Waals surface area contributed by atoms with Crippen molar-refractivity contribution < 1.29 is 9.59 Å². The average Bonchev–Trinajstić information content (AvgIpc) is 2.48. The molecule has 0 aliphatic rings. The Labute approximate surface area is 127 Å². The van der Waals surface area contributed by atoms with E-state index in [0.717, 1.165) is 0 Å². The van der Waals surface area contributed by atoms with Gasteiger partial charge < -0.3 is 10.6 Å². The monoisotopic (exact) mass is 303 g/mol. The van der Waals surface area contributed by atoms with Crippen LogP contribution in [0.25, 0.3) is 0 Å². The van der Waals surface area contributed by atoms with Crippen LogP contribution in [-0.4, -0.2) is 23.8 Å². The Hall–Kier alpha value is -2.40. The minimum Gasteiger partial charge on any atom is -0.355 e. The molecule has 6 heteroatoms. The molecule has 5 nitrogen and oxygen atoms in total. The molecule has 0 atom stereocenters. The van der Waals surface area contributed by atoms with Crippen LogP contribution in [0.4, 0.5) is 5.69 Å². The molecule has 0 unspecified atom stereocenters. The summed E-state index contributed by atoms with van der Waals surface area (Å²) in [6.45, 7) is 1.77. The normalized spacial score (nSPS) is 10.0. The second-order valence-electron chi connectivity index (χ2n) is 4.36. The van der Waals surface area contributed by atoms with Crippen LogP contribution >= 0.6 is 11.6 Å². The highest BCUT2D eigenvalue weighted by Crippen LogP contribution is 2.19. The van der Waals surface area contributed by atoms with Crippen molar-refractivity contribution in [3.63, 3.8) is 0 Å². The predicted octanol–water partition coefficient (Wildman–Crippen LogP) is 2.66. The zero-order valence-electron chi connectivity index (χ0n) is 11.6. The van der Waals surface area contributed by atoms with Crippen molar-refractivity contribution in [2.45, 2.75) is 6.92 Å². The lowest BCUT2D eigenvalue weighted by atomic mass is 10.1. The maximum Gasteiger partial charge on any atom is 0.274 e. The number of halogens is 1. The Morgan fingerprint density at radius 2 is 1.81 bits per heavy atom. The van der Waals surface area contributed by atoms with Gasteiger partial charge in [-0.3, -0.25) is 9.59 Å². The maximum atomic E-state index is 12.1. The zero-order valence-corrected chi connectivity index (χ0v) is 12.4. The number of anilines is 1. The molecule has 2 rings (SSSR count). The molecule has 21 heavy (non-hydrogen) atoms. The van der Waals surface area contributed by atoms with E-state index in [1.165, 1.54) is 0 Å². The van der Waals surface area contributed by atoms with Crippen LogP contribution in [0, 0.1) is 6.92 Å². The third kappa shape index (κ3) is 3.38. The molecule has 1 heterocycles. The second kappa shape index (κ2) is 6.37. The average molecular weight is 304 g/mol. The van der Waals surface area contributed by atoms with Crippen LogP contribution < -0.4 is 10.6 Å². The summed E-state index contributed by atoms with van der Waals surface area (Å²) in [6, 6.07) is 9.94. The first-order valence-corrected chi connectivity index (χ1v) is 6.66. The maximum absolute atomic E-state index is 12.1. The fourth-order valence-corrected chi connectivity index (χ4v) is 2.04. The highest BCUT2D eigenvalue weighted by Gasteiger charge is 2.13. The minimum atomic E-state index is -0.380. The number of carbonyl (C=O) groups excluding carboxylic acids is 2. The Balaban J connectivity index is 2.28. The lowest BCUT2D eigenvalue weighted by Gasteiger charge is -2.11. The Bertz CT molecular complexity index is 701. The quantitative estimate of drug-likeness (QED) is 0.856. The smallest absolute Gasteiger partial charge is 0.274 e. The zero-order chi connectivity index (χ0) is 15.4. The van der Waals surface area contributed by atoms with Gasteiger partial charge in [0.15, 0.2) is 0 Å². The molecular formula is C15H14ClN3O2. The van der Waals surface area contributed by atoms with E-state index >= 15 is 0 Å². The first kappa shape index (κ1) is 15.0. The molecule has 0 saturated heterocycles. The van der Waals surface area contributed by atoms with Crippen LogP contribution in [-0.2, 0) is 0 Å². The largest absolute Gasteiger partial charge is 0.355 e. The van der Waals surface area contributed by atoms with Crippen molar-refractivity contribution in [1.29, 1.82) is 0 Å². The van der Waals surface area contributed by atoms with Crippen LogP contribution in [0.1, 0.15) is 26.4 Å². The highest BCUT2D eigenvalue weighted by molar-refractivity contribution is 6.29. The number of pyridine rings is 1. The van der Waals surface area contributed by atoms with E-state index in [2.05, 4.69) is 15.6 Å². The molecule has 1 aromatic carbocycles. The lowest BCUT2D eigenvalue weighted by Crippen LogP contribution is -2.20. The fraction of sp³-hybridized carbons (Fsp3) is 0.133. The van der Waals surface area contributed by atoms with Gasteiger partial charge in [-0.1, -0.05) is 23.7 Å². The third-order valence-corrected chi connectivity index (χ3v) is 3.21. The molecule has 108 valence electrons. The second-order valence-corrected chi connectivity index (χ2v) is 4.74. The number of amides is 2. The summed E-state index contributed by atoms with van der Waals surface area (Å²) in [5.74, 6) is -0.584. The molecule has 2 amide bonds. The first-order chi connectivity index (χ1) is 10.0. The first-order valence-electron chi connectivity index (χ1n) is 6.28. The highest BCUT2D eigenvalue weighted by atomic mass is 35.5. The molecule has 1 aromatic heterocycles. The van der Waals surface area contributed by atoms with E-state index in [0.29, 0.717) is 16.8 Å². The molecule has 2 aromatic rings.